The van der Waals surface area contributed by atoms with E-state index in [9.17, 15) is 14.7 Å². The number of hydrogen-bond acceptors (Lipinski definition) is 5. The fourth-order valence-electron chi connectivity index (χ4n) is 3.10. The highest BCUT2D eigenvalue weighted by molar-refractivity contribution is 6.01. The molecular weight excluding hydrogens is 322 g/mol. The maximum atomic E-state index is 12.3. The van der Waals surface area contributed by atoms with E-state index in [0.717, 1.165) is 5.39 Å². The highest BCUT2D eigenvalue weighted by Gasteiger charge is 2.26. The first kappa shape index (κ1) is 17.2. The first-order valence-corrected chi connectivity index (χ1v) is 8.26. The number of fused-ring (bicyclic) bond motifs is 1. The van der Waals surface area contributed by atoms with Crippen molar-refractivity contribution in [1.82, 2.24) is 4.90 Å². The molecule has 1 heterocycles. The molecule has 1 fully saturated rings. The van der Waals surface area contributed by atoms with E-state index in [2.05, 4.69) is 0 Å². The summed E-state index contributed by atoms with van der Waals surface area (Å²) in [4.78, 5) is 26.1. The van der Waals surface area contributed by atoms with Crippen LogP contribution in [0.3, 0.4) is 0 Å². The Morgan fingerprint density at radius 3 is 2.56 bits per heavy atom. The number of benzene rings is 2. The minimum absolute atomic E-state index is 0.0482. The Labute approximate surface area is 145 Å². The Morgan fingerprint density at radius 1 is 1.16 bits per heavy atom. The van der Waals surface area contributed by atoms with Crippen molar-refractivity contribution in [2.24, 2.45) is 0 Å². The third kappa shape index (κ3) is 3.74. The summed E-state index contributed by atoms with van der Waals surface area (Å²) in [5.74, 6) is -1.12. The number of aromatic hydroxyl groups is 1. The smallest absolute Gasteiger partial charge is 0.342 e. The number of ether oxygens (including phenoxy) is 2. The van der Waals surface area contributed by atoms with Crippen molar-refractivity contribution < 1.29 is 24.2 Å². The SMILES string of the molecule is C[C@@H]1CN(C(=O)COC(=O)c2ccc3ccccc3c2O)C[C@@H](C)O1. The van der Waals surface area contributed by atoms with Crippen molar-refractivity contribution in [3.63, 3.8) is 0 Å². The molecule has 1 saturated heterocycles. The highest BCUT2D eigenvalue weighted by atomic mass is 16.5. The van der Waals surface area contributed by atoms with E-state index in [1.54, 1.807) is 23.1 Å². The molecule has 25 heavy (non-hydrogen) atoms. The molecule has 1 aliphatic rings. The number of phenols is 1. The molecular formula is C19H21NO5. The maximum absolute atomic E-state index is 12.3. The van der Waals surface area contributed by atoms with Crippen LogP contribution in [0.5, 0.6) is 5.75 Å². The normalized spacial score (nSPS) is 20.5. The summed E-state index contributed by atoms with van der Waals surface area (Å²) in [7, 11) is 0. The molecule has 0 aliphatic carbocycles. The zero-order valence-electron chi connectivity index (χ0n) is 14.3. The van der Waals surface area contributed by atoms with Crippen molar-refractivity contribution in [2.45, 2.75) is 26.1 Å². The summed E-state index contributed by atoms with van der Waals surface area (Å²) < 4.78 is 10.7. The second-order valence-electron chi connectivity index (χ2n) is 6.32. The van der Waals surface area contributed by atoms with Gasteiger partial charge in [0.1, 0.15) is 11.3 Å². The zero-order valence-corrected chi connectivity index (χ0v) is 14.3. The van der Waals surface area contributed by atoms with Crippen molar-refractivity contribution in [3.8, 4) is 5.75 Å². The minimum Gasteiger partial charge on any atom is -0.506 e. The van der Waals surface area contributed by atoms with Gasteiger partial charge < -0.3 is 19.5 Å². The van der Waals surface area contributed by atoms with Crippen molar-refractivity contribution in [2.75, 3.05) is 19.7 Å². The van der Waals surface area contributed by atoms with E-state index >= 15 is 0 Å². The summed E-state index contributed by atoms with van der Waals surface area (Å²) in [5, 5.41) is 11.7. The van der Waals surface area contributed by atoms with Crippen LogP contribution < -0.4 is 0 Å². The molecule has 0 saturated carbocycles. The van der Waals surface area contributed by atoms with Gasteiger partial charge in [0.15, 0.2) is 6.61 Å². The highest BCUT2D eigenvalue weighted by Crippen LogP contribution is 2.29. The molecule has 1 amide bonds. The number of morpholine rings is 1. The van der Waals surface area contributed by atoms with Crippen LogP contribution in [0.25, 0.3) is 10.8 Å². The van der Waals surface area contributed by atoms with Gasteiger partial charge in [0.2, 0.25) is 0 Å². The van der Waals surface area contributed by atoms with Crippen LogP contribution in [-0.4, -0.2) is 53.8 Å². The molecule has 0 unspecified atom stereocenters. The zero-order chi connectivity index (χ0) is 18.0. The number of amides is 1. The quantitative estimate of drug-likeness (QED) is 0.866. The number of esters is 1. The van der Waals surface area contributed by atoms with Crippen molar-refractivity contribution >= 4 is 22.6 Å². The van der Waals surface area contributed by atoms with Crippen LogP contribution >= 0.6 is 0 Å². The number of hydrogen-bond donors (Lipinski definition) is 1. The molecule has 0 bridgehead atoms. The van der Waals surface area contributed by atoms with Gasteiger partial charge in [-0.05, 0) is 25.3 Å². The molecule has 0 radical (unpaired) electrons. The van der Waals surface area contributed by atoms with Crippen LogP contribution in [0.15, 0.2) is 36.4 Å². The van der Waals surface area contributed by atoms with Gasteiger partial charge in [-0.1, -0.05) is 30.3 Å². The molecule has 2 aromatic rings. The average Bonchev–Trinajstić information content (AvgIpc) is 2.59. The Morgan fingerprint density at radius 2 is 1.84 bits per heavy atom. The van der Waals surface area contributed by atoms with E-state index in [-0.39, 0.29) is 36.0 Å². The summed E-state index contributed by atoms with van der Waals surface area (Å²) in [6.07, 6.45) is -0.0964. The van der Waals surface area contributed by atoms with E-state index in [0.29, 0.717) is 18.5 Å². The van der Waals surface area contributed by atoms with Gasteiger partial charge >= 0.3 is 5.97 Å². The monoisotopic (exact) mass is 343 g/mol. The van der Waals surface area contributed by atoms with E-state index in [1.165, 1.54) is 6.07 Å². The largest absolute Gasteiger partial charge is 0.506 e. The van der Waals surface area contributed by atoms with Crippen LogP contribution in [0.2, 0.25) is 0 Å². The minimum atomic E-state index is -0.717. The van der Waals surface area contributed by atoms with Gasteiger partial charge in [-0.2, -0.15) is 0 Å². The summed E-state index contributed by atoms with van der Waals surface area (Å²) >= 11 is 0. The number of nitrogens with zero attached hydrogens (tertiary/aromatic N) is 1. The topological polar surface area (TPSA) is 76.1 Å². The van der Waals surface area contributed by atoms with Crippen molar-refractivity contribution in [1.29, 1.82) is 0 Å². The summed E-state index contributed by atoms with van der Waals surface area (Å²) in [5.41, 5.74) is 0.0511. The second kappa shape index (κ2) is 7.11. The predicted octanol–water partition coefficient (Wildman–Crippen LogP) is 2.34. The van der Waals surface area contributed by atoms with Crippen LogP contribution in [-0.2, 0) is 14.3 Å². The van der Waals surface area contributed by atoms with Gasteiger partial charge in [0.05, 0.1) is 12.2 Å². The molecule has 6 heteroatoms. The Kier molecular flexibility index (Phi) is 4.90. The number of rotatable bonds is 3. The first-order valence-electron chi connectivity index (χ1n) is 8.26. The van der Waals surface area contributed by atoms with E-state index in [1.807, 2.05) is 26.0 Å². The molecule has 132 valence electrons. The molecule has 2 aromatic carbocycles. The lowest BCUT2D eigenvalue weighted by Crippen LogP contribution is -2.49. The Hall–Kier alpha value is -2.60. The molecule has 3 rings (SSSR count). The van der Waals surface area contributed by atoms with Crippen LogP contribution in [0.1, 0.15) is 24.2 Å². The summed E-state index contributed by atoms with van der Waals surface area (Å²) in [6.45, 7) is 4.39. The van der Waals surface area contributed by atoms with E-state index in [4.69, 9.17) is 9.47 Å². The Balaban J connectivity index is 1.66. The first-order chi connectivity index (χ1) is 12.0. The molecule has 0 aromatic heterocycles. The van der Waals surface area contributed by atoms with Gasteiger partial charge in [-0.3, -0.25) is 4.79 Å². The standard InChI is InChI=1S/C19H21NO5/c1-12-9-20(10-13(2)25-12)17(21)11-24-19(23)16-8-7-14-5-3-4-6-15(14)18(16)22/h3-8,12-13,22H,9-11H2,1-2H3/t12-,13-/m1/s1. The lowest BCUT2D eigenvalue weighted by Gasteiger charge is -2.35. The number of phenolic OH excluding ortho intramolecular Hbond substituents is 1. The fourth-order valence-corrected chi connectivity index (χ4v) is 3.10. The van der Waals surface area contributed by atoms with Gasteiger partial charge in [-0.25, -0.2) is 4.79 Å². The Bertz CT molecular complexity index is 794. The van der Waals surface area contributed by atoms with Gasteiger partial charge in [0.25, 0.3) is 5.91 Å². The van der Waals surface area contributed by atoms with Crippen molar-refractivity contribution in [3.05, 3.63) is 42.0 Å². The average molecular weight is 343 g/mol. The molecule has 6 nitrogen and oxygen atoms in total. The van der Waals surface area contributed by atoms with Gasteiger partial charge in [-0.15, -0.1) is 0 Å². The maximum Gasteiger partial charge on any atom is 0.342 e. The lowest BCUT2D eigenvalue weighted by molar-refractivity contribution is -0.146. The van der Waals surface area contributed by atoms with Crippen LogP contribution in [0, 0.1) is 0 Å². The molecule has 2 atom stereocenters. The molecule has 0 spiro atoms. The third-order valence-corrected chi connectivity index (χ3v) is 4.22. The number of carbonyl (C=O) groups is 2. The summed E-state index contributed by atoms with van der Waals surface area (Å²) in [6, 6.07) is 10.4. The third-order valence-electron chi connectivity index (χ3n) is 4.22. The van der Waals surface area contributed by atoms with E-state index < -0.39 is 5.97 Å². The number of carbonyl (C=O) groups excluding carboxylic acids is 2. The molecule has 1 aliphatic heterocycles. The second-order valence-corrected chi connectivity index (χ2v) is 6.32. The van der Waals surface area contributed by atoms with Gasteiger partial charge in [0, 0.05) is 18.5 Å². The molecule has 1 N–H and O–H groups in total. The predicted molar refractivity (Wildman–Crippen MR) is 92.5 cm³/mol. The lowest BCUT2D eigenvalue weighted by atomic mass is 10.1. The van der Waals surface area contributed by atoms with Crippen LogP contribution in [0.4, 0.5) is 0 Å². The fraction of sp³-hybridized carbons (Fsp3) is 0.368.